The molecular formula is C19H27BrN2O3. The van der Waals surface area contributed by atoms with Gasteiger partial charge in [0.15, 0.2) is 0 Å². The van der Waals surface area contributed by atoms with E-state index in [1.807, 2.05) is 18.2 Å². The van der Waals surface area contributed by atoms with E-state index in [4.69, 9.17) is 4.74 Å². The summed E-state index contributed by atoms with van der Waals surface area (Å²) in [5.41, 5.74) is 1.81. The average Bonchev–Trinajstić information content (AvgIpc) is 2.95. The standard InChI is InChI=1S/C19H27BrN2O3/c20-11-4-2-6-13-25-12-5-1-3-8-16-9-7-10-17(14-16)22-18(23)15-21-19(22)24/h7,9-10,14H,1-6,8,11-13,15H2,(H,21,24). The maximum Gasteiger partial charge on any atom is 0.329 e. The molecule has 1 aromatic carbocycles. The molecule has 138 valence electrons. The van der Waals surface area contributed by atoms with Crippen molar-refractivity contribution >= 4 is 33.6 Å². The van der Waals surface area contributed by atoms with Crippen molar-refractivity contribution in [3.63, 3.8) is 0 Å². The summed E-state index contributed by atoms with van der Waals surface area (Å²) < 4.78 is 5.64. The van der Waals surface area contributed by atoms with E-state index in [1.165, 1.54) is 17.7 Å². The fourth-order valence-electron chi connectivity index (χ4n) is 2.82. The van der Waals surface area contributed by atoms with E-state index in [1.54, 1.807) is 6.07 Å². The van der Waals surface area contributed by atoms with Crippen LogP contribution in [0.5, 0.6) is 0 Å². The van der Waals surface area contributed by atoms with E-state index >= 15 is 0 Å². The summed E-state index contributed by atoms with van der Waals surface area (Å²) in [7, 11) is 0. The number of urea groups is 1. The fourth-order valence-corrected chi connectivity index (χ4v) is 3.22. The molecule has 5 nitrogen and oxygen atoms in total. The van der Waals surface area contributed by atoms with Crippen LogP contribution in [0, 0.1) is 0 Å². The number of imide groups is 1. The van der Waals surface area contributed by atoms with E-state index in [0.29, 0.717) is 5.69 Å². The number of ether oxygens (including phenoxy) is 1. The van der Waals surface area contributed by atoms with Crippen LogP contribution in [0.1, 0.15) is 44.1 Å². The Morgan fingerprint density at radius 3 is 2.48 bits per heavy atom. The molecule has 1 fully saturated rings. The molecular weight excluding hydrogens is 384 g/mol. The second kappa shape index (κ2) is 11.3. The number of aryl methyl sites for hydroxylation is 1. The molecule has 0 aromatic heterocycles. The topological polar surface area (TPSA) is 58.6 Å². The first kappa shape index (κ1) is 19.9. The van der Waals surface area contributed by atoms with Gasteiger partial charge in [-0.15, -0.1) is 0 Å². The number of hydrogen-bond donors (Lipinski definition) is 1. The lowest BCUT2D eigenvalue weighted by Crippen LogP contribution is -2.30. The van der Waals surface area contributed by atoms with Gasteiger partial charge in [0.25, 0.3) is 5.91 Å². The van der Waals surface area contributed by atoms with Crippen molar-refractivity contribution < 1.29 is 14.3 Å². The number of nitrogens with zero attached hydrogens (tertiary/aromatic N) is 1. The Morgan fingerprint density at radius 1 is 1.04 bits per heavy atom. The van der Waals surface area contributed by atoms with Gasteiger partial charge in [0, 0.05) is 18.5 Å². The minimum Gasteiger partial charge on any atom is -0.381 e. The number of hydrogen-bond acceptors (Lipinski definition) is 3. The third kappa shape index (κ3) is 6.78. The van der Waals surface area contributed by atoms with Crippen molar-refractivity contribution in [2.75, 3.05) is 30.0 Å². The summed E-state index contributed by atoms with van der Waals surface area (Å²) in [6.45, 7) is 1.77. The highest BCUT2D eigenvalue weighted by Gasteiger charge is 2.29. The van der Waals surface area contributed by atoms with Crippen molar-refractivity contribution in [3.8, 4) is 0 Å². The van der Waals surface area contributed by atoms with Crippen LogP contribution >= 0.6 is 15.9 Å². The third-order valence-corrected chi connectivity index (χ3v) is 4.75. The number of carbonyl (C=O) groups excluding carboxylic acids is 2. The Labute approximate surface area is 158 Å². The molecule has 1 aromatic rings. The van der Waals surface area contributed by atoms with Crippen LogP contribution in [0.2, 0.25) is 0 Å². The molecule has 1 N–H and O–H groups in total. The van der Waals surface area contributed by atoms with Gasteiger partial charge < -0.3 is 10.1 Å². The normalized spacial score (nSPS) is 14.2. The lowest BCUT2D eigenvalue weighted by molar-refractivity contribution is -0.115. The van der Waals surface area contributed by atoms with Gasteiger partial charge in [-0.25, -0.2) is 9.69 Å². The monoisotopic (exact) mass is 410 g/mol. The predicted molar refractivity (Wildman–Crippen MR) is 103 cm³/mol. The minimum absolute atomic E-state index is 0.0825. The maximum atomic E-state index is 11.8. The predicted octanol–water partition coefficient (Wildman–Crippen LogP) is 4.04. The Kier molecular flexibility index (Phi) is 8.97. The zero-order valence-corrected chi connectivity index (χ0v) is 16.2. The molecule has 0 bridgehead atoms. The molecule has 0 unspecified atom stereocenters. The number of amides is 3. The van der Waals surface area contributed by atoms with E-state index in [0.717, 1.165) is 56.2 Å². The van der Waals surface area contributed by atoms with Gasteiger partial charge in [-0.2, -0.15) is 0 Å². The molecule has 1 aliphatic heterocycles. The Balaban J connectivity index is 1.62. The third-order valence-electron chi connectivity index (χ3n) is 4.19. The van der Waals surface area contributed by atoms with Crippen molar-refractivity contribution in [1.82, 2.24) is 5.32 Å². The Morgan fingerprint density at radius 2 is 1.80 bits per heavy atom. The zero-order valence-electron chi connectivity index (χ0n) is 14.6. The number of halogens is 1. The molecule has 0 spiro atoms. The SMILES string of the molecule is O=C1CNC(=O)N1c1cccc(CCCCCOCCCCCBr)c1. The lowest BCUT2D eigenvalue weighted by atomic mass is 10.1. The summed E-state index contributed by atoms with van der Waals surface area (Å²) in [6, 6.07) is 7.34. The first-order valence-electron chi connectivity index (χ1n) is 9.06. The van der Waals surface area contributed by atoms with Gasteiger partial charge in [0.1, 0.15) is 0 Å². The molecule has 25 heavy (non-hydrogen) atoms. The minimum atomic E-state index is -0.338. The lowest BCUT2D eigenvalue weighted by Gasteiger charge is -2.13. The number of unbranched alkanes of at least 4 members (excludes halogenated alkanes) is 4. The van der Waals surface area contributed by atoms with Crippen LogP contribution in [0.15, 0.2) is 24.3 Å². The van der Waals surface area contributed by atoms with Gasteiger partial charge >= 0.3 is 6.03 Å². The van der Waals surface area contributed by atoms with Gasteiger partial charge in [0.2, 0.25) is 0 Å². The molecule has 1 aliphatic rings. The number of nitrogens with one attached hydrogen (secondary N) is 1. The van der Waals surface area contributed by atoms with E-state index in [2.05, 4.69) is 21.2 Å². The second-order valence-corrected chi connectivity index (χ2v) is 7.02. The van der Waals surface area contributed by atoms with Crippen LogP contribution in [0.3, 0.4) is 0 Å². The molecule has 0 saturated carbocycles. The first-order chi connectivity index (χ1) is 12.2. The molecule has 6 heteroatoms. The summed E-state index contributed by atoms with van der Waals surface area (Å²) >= 11 is 3.43. The highest BCUT2D eigenvalue weighted by atomic mass is 79.9. The quantitative estimate of drug-likeness (QED) is 0.321. The van der Waals surface area contributed by atoms with Crippen molar-refractivity contribution in [3.05, 3.63) is 29.8 Å². The van der Waals surface area contributed by atoms with E-state index in [-0.39, 0.29) is 18.5 Å². The summed E-state index contributed by atoms with van der Waals surface area (Å²) in [5.74, 6) is -0.199. The molecule has 0 atom stereocenters. The fraction of sp³-hybridized carbons (Fsp3) is 0.579. The van der Waals surface area contributed by atoms with E-state index < -0.39 is 0 Å². The average molecular weight is 411 g/mol. The molecule has 1 saturated heterocycles. The summed E-state index contributed by atoms with van der Waals surface area (Å²) in [4.78, 5) is 24.7. The smallest absolute Gasteiger partial charge is 0.329 e. The van der Waals surface area contributed by atoms with Gasteiger partial charge in [0.05, 0.1) is 12.2 Å². The van der Waals surface area contributed by atoms with Gasteiger partial charge in [-0.3, -0.25) is 4.79 Å². The summed E-state index contributed by atoms with van der Waals surface area (Å²) in [6.07, 6.45) is 7.80. The number of anilines is 1. The van der Waals surface area contributed by atoms with Crippen LogP contribution in [-0.2, 0) is 16.0 Å². The van der Waals surface area contributed by atoms with Gasteiger partial charge in [-0.1, -0.05) is 40.9 Å². The highest BCUT2D eigenvalue weighted by molar-refractivity contribution is 9.09. The molecule has 0 radical (unpaired) electrons. The van der Waals surface area contributed by atoms with Crippen LogP contribution < -0.4 is 10.2 Å². The van der Waals surface area contributed by atoms with Gasteiger partial charge in [-0.05, 0) is 49.8 Å². The van der Waals surface area contributed by atoms with Crippen LogP contribution in [0.4, 0.5) is 10.5 Å². The molecule has 2 rings (SSSR count). The molecule has 3 amide bonds. The zero-order chi connectivity index (χ0) is 17.9. The Bertz CT molecular complexity index is 549. The maximum absolute atomic E-state index is 11.8. The number of rotatable bonds is 12. The largest absolute Gasteiger partial charge is 0.381 e. The van der Waals surface area contributed by atoms with Crippen LogP contribution in [0.25, 0.3) is 0 Å². The number of carbonyl (C=O) groups is 2. The highest BCUT2D eigenvalue weighted by Crippen LogP contribution is 2.20. The van der Waals surface area contributed by atoms with E-state index in [9.17, 15) is 9.59 Å². The number of benzene rings is 1. The molecule has 0 aliphatic carbocycles. The molecule has 1 heterocycles. The first-order valence-corrected chi connectivity index (χ1v) is 10.2. The number of alkyl halides is 1. The summed E-state index contributed by atoms with van der Waals surface area (Å²) in [5, 5.41) is 3.62. The Hall–Kier alpha value is -1.40. The second-order valence-electron chi connectivity index (χ2n) is 6.23. The van der Waals surface area contributed by atoms with Crippen molar-refractivity contribution in [2.45, 2.75) is 44.9 Å². The van der Waals surface area contributed by atoms with Crippen molar-refractivity contribution in [1.29, 1.82) is 0 Å². The van der Waals surface area contributed by atoms with Crippen LogP contribution in [-0.4, -0.2) is 37.0 Å². The van der Waals surface area contributed by atoms with Crippen molar-refractivity contribution in [2.24, 2.45) is 0 Å².